The number of benzene rings is 2. The lowest BCUT2D eigenvalue weighted by atomic mass is 9.65. The van der Waals surface area contributed by atoms with E-state index in [0.717, 1.165) is 0 Å². The third kappa shape index (κ3) is 2.86. The molecule has 0 fully saturated rings. The van der Waals surface area contributed by atoms with Gasteiger partial charge in [0, 0.05) is 12.2 Å². The molecule has 0 radical (unpaired) electrons. The van der Waals surface area contributed by atoms with Crippen LogP contribution in [0.25, 0.3) is 11.0 Å². The number of hydrogen-bond donors (Lipinski definition) is 0. The molecular weight excluding hydrogens is 442 g/mol. The second-order valence-electron chi connectivity index (χ2n) is 8.08. The Hall–Kier alpha value is -4.14. The molecule has 1 spiro atoms. The van der Waals surface area contributed by atoms with E-state index < -0.39 is 34.8 Å². The Morgan fingerprint density at radius 3 is 2.56 bits per heavy atom. The van der Waals surface area contributed by atoms with Crippen LogP contribution < -0.4 is 15.3 Å². The number of methoxy groups -OCH3 is 2. The van der Waals surface area contributed by atoms with E-state index in [1.165, 1.54) is 19.1 Å². The van der Waals surface area contributed by atoms with Crippen LogP contribution in [-0.4, -0.2) is 45.2 Å². The molecule has 2 atom stereocenters. The molecule has 0 bridgehead atoms. The zero-order valence-corrected chi connectivity index (χ0v) is 18.5. The Morgan fingerprint density at radius 1 is 1.06 bits per heavy atom. The smallest absolute Gasteiger partial charge is 0.344 e. The SMILES string of the molecule is COC(=O)CCN1C(=O)[C@@]2(c3ccccc31)c1c(c3ccccc3oc1=O)OC[C@@H]2C(=O)OC. The minimum Gasteiger partial charge on any atom is -0.491 e. The molecule has 174 valence electrons. The predicted octanol–water partition coefficient (Wildman–Crippen LogP) is 2.17. The highest BCUT2D eigenvalue weighted by Crippen LogP contribution is 2.55. The van der Waals surface area contributed by atoms with Crippen LogP contribution in [-0.2, 0) is 29.3 Å². The van der Waals surface area contributed by atoms with E-state index in [0.29, 0.717) is 22.2 Å². The van der Waals surface area contributed by atoms with Gasteiger partial charge in [0.25, 0.3) is 0 Å². The largest absolute Gasteiger partial charge is 0.491 e. The maximum atomic E-state index is 14.3. The van der Waals surface area contributed by atoms with Gasteiger partial charge >= 0.3 is 17.6 Å². The van der Waals surface area contributed by atoms with Gasteiger partial charge in [0.15, 0.2) is 0 Å². The molecule has 0 saturated carbocycles. The quantitative estimate of drug-likeness (QED) is 0.428. The van der Waals surface area contributed by atoms with Crippen molar-refractivity contribution in [2.24, 2.45) is 5.92 Å². The number of rotatable bonds is 4. The van der Waals surface area contributed by atoms with Crippen molar-refractivity contribution in [1.82, 2.24) is 0 Å². The number of nitrogens with zero attached hydrogens (tertiary/aromatic N) is 1. The number of esters is 2. The average molecular weight is 463 g/mol. The fourth-order valence-corrected chi connectivity index (χ4v) is 5.05. The third-order valence-corrected chi connectivity index (χ3v) is 6.53. The summed E-state index contributed by atoms with van der Waals surface area (Å²) >= 11 is 0. The van der Waals surface area contributed by atoms with Crippen molar-refractivity contribution in [3.63, 3.8) is 0 Å². The highest BCUT2D eigenvalue weighted by Gasteiger charge is 2.64. The number of para-hydroxylation sites is 2. The van der Waals surface area contributed by atoms with Crippen LogP contribution in [0, 0.1) is 5.92 Å². The van der Waals surface area contributed by atoms with Gasteiger partial charge in [0.2, 0.25) is 5.91 Å². The van der Waals surface area contributed by atoms with Crippen molar-refractivity contribution in [2.45, 2.75) is 11.8 Å². The Kier molecular flexibility index (Phi) is 5.11. The normalized spacial score (nSPS) is 20.6. The lowest BCUT2D eigenvalue weighted by molar-refractivity contribution is -0.152. The Labute approximate surface area is 193 Å². The molecular formula is C25H21NO8. The summed E-state index contributed by atoms with van der Waals surface area (Å²) in [5, 5.41) is 0.512. The average Bonchev–Trinajstić information content (AvgIpc) is 3.10. The van der Waals surface area contributed by atoms with Gasteiger partial charge in [-0.3, -0.25) is 14.4 Å². The molecule has 0 unspecified atom stereocenters. The Balaban J connectivity index is 1.83. The van der Waals surface area contributed by atoms with Gasteiger partial charge in [-0.2, -0.15) is 0 Å². The van der Waals surface area contributed by atoms with Gasteiger partial charge in [0.1, 0.15) is 34.8 Å². The number of anilines is 1. The first kappa shape index (κ1) is 21.7. The summed E-state index contributed by atoms with van der Waals surface area (Å²) in [5.74, 6) is -2.67. The second-order valence-corrected chi connectivity index (χ2v) is 8.08. The van der Waals surface area contributed by atoms with Crippen molar-refractivity contribution < 1.29 is 33.0 Å². The standard InChI is InChI=1S/C25H21NO8/c1-31-19(27)11-12-26-17-9-5-4-8-15(17)25(24(26)30)16(22(28)32-2)13-33-21-14-7-3-6-10-18(14)34-23(29)20(21)25/h3-10,16H,11-13H2,1-2H3/t16-,25-/m1/s1. The van der Waals surface area contributed by atoms with Crippen LogP contribution in [0.2, 0.25) is 0 Å². The van der Waals surface area contributed by atoms with E-state index in [1.807, 2.05) is 0 Å². The van der Waals surface area contributed by atoms with Gasteiger partial charge in [-0.25, -0.2) is 4.79 Å². The van der Waals surface area contributed by atoms with Crippen LogP contribution in [0.3, 0.4) is 0 Å². The maximum Gasteiger partial charge on any atom is 0.344 e. The van der Waals surface area contributed by atoms with Gasteiger partial charge in [-0.05, 0) is 23.8 Å². The number of ether oxygens (including phenoxy) is 3. The molecule has 0 aliphatic carbocycles. The van der Waals surface area contributed by atoms with Gasteiger partial charge in [-0.15, -0.1) is 0 Å². The molecule has 5 rings (SSSR count). The molecule has 0 N–H and O–H groups in total. The third-order valence-electron chi connectivity index (χ3n) is 6.53. The van der Waals surface area contributed by atoms with Gasteiger partial charge in [-0.1, -0.05) is 30.3 Å². The van der Waals surface area contributed by atoms with Crippen LogP contribution in [0.15, 0.2) is 57.7 Å². The number of amides is 1. The van der Waals surface area contributed by atoms with E-state index >= 15 is 0 Å². The lowest BCUT2D eigenvalue weighted by Gasteiger charge is -2.39. The van der Waals surface area contributed by atoms with Crippen LogP contribution in [0.4, 0.5) is 5.69 Å². The number of carbonyl (C=O) groups excluding carboxylic acids is 3. The zero-order chi connectivity index (χ0) is 24.0. The summed E-state index contributed by atoms with van der Waals surface area (Å²) < 4.78 is 21.3. The van der Waals surface area contributed by atoms with E-state index in [4.69, 9.17) is 18.6 Å². The first-order chi connectivity index (χ1) is 16.4. The summed E-state index contributed by atoms with van der Waals surface area (Å²) in [4.78, 5) is 53.9. The highest BCUT2D eigenvalue weighted by atomic mass is 16.5. The molecule has 3 aromatic rings. The fourth-order valence-electron chi connectivity index (χ4n) is 5.05. The van der Waals surface area contributed by atoms with Gasteiger partial charge in [0.05, 0.1) is 26.0 Å². The molecule has 3 heterocycles. The van der Waals surface area contributed by atoms with E-state index in [2.05, 4.69) is 0 Å². The molecule has 9 heteroatoms. The minimum atomic E-state index is -1.74. The fraction of sp³-hybridized carbons (Fsp3) is 0.280. The molecule has 9 nitrogen and oxygen atoms in total. The topological polar surface area (TPSA) is 112 Å². The van der Waals surface area contributed by atoms with E-state index in [1.54, 1.807) is 48.5 Å². The van der Waals surface area contributed by atoms with Crippen LogP contribution in [0.1, 0.15) is 17.5 Å². The van der Waals surface area contributed by atoms with Crippen molar-refractivity contribution in [1.29, 1.82) is 0 Å². The monoisotopic (exact) mass is 463 g/mol. The zero-order valence-electron chi connectivity index (χ0n) is 18.5. The molecule has 2 aromatic carbocycles. The first-order valence-corrected chi connectivity index (χ1v) is 10.7. The number of hydrogen-bond acceptors (Lipinski definition) is 8. The summed E-state index contributed by atoms with van der Waals surface area (Å²) in [5.41, 5.74) is -1.32. The summed E-state index contributed by atoms with van der Waals surface area (Å²) in [6.07, 6.45) is -0.0643. The molecule has 2 aliphatic heterocycles. The Morgan fingerprint density at radius 2 is 1.79 bits per heavy atom. The van der Waals surface area contributed by atoms with Crippen LogP contribution >= 0.6 is 0 Å². The molecule has 34 heavy (non-hydrogen) atoms. The molecule has 1 aromatic heterocycles. The second kappa shape index (κ2) is 8.02. The Bertz CT molecular complexity index is 1390. The van der Waals surface area contributed by atoms with Crippen molar-refractivity contribution in [3.05, 3.63) is 70.1 Å². The van der Waals surface area contributed by atoms with Crippen molar-refractivity contribution in [3.8, 4) is 5.75 Å². The van der Waals surface area contributed by atoms with E-state index in [9.17, 15) is 19.2 Å². The van der Waals surface area contributed by atoms with Crippen molar-refractivity contribution in [2.75, 3.05) is 32.3 Å². The summed E-state index contributed by atoms with van der Waals surface area (Å²) in [6.45, 7) is -0.175. The molecule has 2 aliphatic rings. The van der Waals surface area contributed by atoms with Crippen LogP contribution in [0.5, 0.6) is 5.75 Å². The summed E-state index contributed by atoms with van der Waals surface area (Å²) in [7, 11) is 2.48. The molecule has 1 amide bonds. The van der Waals surface area contributed by atoms with Crippen molar-refractivity contribution >= 4 is 34.5 Å². The predicted molar refractivity (Wildman–Crippen MR) is 120 cm³/mol. The molecule has 0 saturated heterocycles. The maximum absolute atomic E-state index is 14.3. The van der Waals surface area contributed by atoms with E-state index in [-0.39, 0.29) is 30.9 Å². The lowest BCUT2D eigenvalue weighted by Crippen LogP contribution is -2.56. The highest BCUT2D eigenvalue weighted by molar-refractivity contribution is 6.14. The first-order valence-electron chi connectivity index (χ1n) is 10.7. The minimum absolute atomic E-state index is 0.00721. The van der Waals surface area contributed by atoms with Gasteiger partial charge < -0.3 is 23.5 Å². The number of carbonyl (C=O) groups is 3. The number of fused-ring (bicyclic) bond motifs is 6. The summed E-state index contributed by atoms with van der Waals surface area (Å²) in [6, 6.07) is 13.7.